The molecule has 5 rings (SSSR count). The van der Waals surface area contributed by atoms with Crippen LogP contribution in [0.1, 0.15) is 66.0 Å². The van der Waals surface area contributed by atoms with E-state index in [0.717, 1.165) is 30.1 Å². The molecule has 0 aliphatic heterocycles. The van der Waals surface area contributed by atoms with E-state index < -0.39 is 0 Å². The molecule has 0 unspecified atom stereocenters. The minimum absolute atomic E-state index is 0.103. The minimum atomic E-state index is 0.103. The minimum Gasteiger partial charge on any atom is -0.399 e. The largest absolute Gasteiger partial charge is 0.399 e. The zero-order valence-corrected chi connectivity index (χ0v) is 20.7. The topological polar surface area (TPSA) is 52.0 Å². The summed E-state index contributed by atoms with van der Waals surface area (Å²) in [5.74, 6) is 0.803. The van der Waals surface area contributed by atoms with E-state index in [9.17, 15) is 0 Å². The summed E-state index contributed by atoms with van der Waals surface area (Å²) >= 11 is 0. The van der Waals surface area contributed by atoms with Gasteiger partial charge in [0, 0.05) is 16.8 Å². The number of nitrogen functional groups attached to an aromatic ring is 2. The van der Waals surface area contributed by atoms with Crippen LogP contribution < -0.4 is 11.5 Å². The fourth-order valence-corrected chi connectivity index (χ4v) is 5.62. The third-order valence-electron chi connectivity index (χ3n) is 7.92. The van der Waals surface area contributed by atoms with E-state index >= 15 is 0 Å². The molecule has 4 N–H and O–H groups in total. The predicted molar refractivity (Wildman–Crippen MR) is 149 cm³/mol. The van der Waals surface area contributed by atoms with Crippen LogP contribution >= 0.6 is 0 Å². The molecule has 1 saturated carbocycles. The van der Waals surface area contributed by atoms with Crippen molar-refractivity contribution in [2.45, 2.75) is 50.9 Å². The molecule has 178 valence electrons. The lowest BCUT2D eigenvalue weighted by atomic mass is 9.63. The van der Waals surface area contributed by atoms with E-state index in [1.807, 2.05) is 24.3 Å². The van der Waals surface area contributed by atoms with E-state index in [4.69, 9.17) is 11.5 Å². The molecule has 1 aliphatic carbocycles. The molecule has 0 amide bonds. The summed E-state index contributed by atoms with van der Waals surface area (Å²) in [5.41, 5.74) is 21.6. The van der Waals surface area contributed by atoms with Crippen LogP contribution in [0.25, 0.3) is 0 Å². The molecule has 0 saturated heterocycles. The van der Waals surface area contributed by atoms with Crippen LogP contribution in [-0.4, -0.2) is 0 Å². The van der Waals surface area contributed by atoms with Gasteiger partial charge in [-0.25, -0.2) is 0 Å². The Morgan fingerprint density at radius 2 is 0.857 bits per heavy atom. The van der Waals surface area contributed by atoms with Crippen LogP contribution in [-0.2, 0) is 18.3 Å². The van der Waals surface area contributed by atoms with Crippen LogP contribution in [0.15, 0.2) is 97.1 Å². The van der Waals surface area contributed by atoms with E-state index in [-0.39, 0.29) is 5.41 Å². The molecule has 1 aliphatic rings. The molecule has 2 nitrogen and oxygen atoms in total. The second-order valence-electron chi connectivity index (χ2n) is 10.5. The Morgan fingerprint density at radius 3 is 1.20 bits per heavy atom. The maximum absolute atomic E-state index is 5.85. The van der Waals surface area contributed by atoms with Crippen molar-refractivity contribution in [3.05, 3.63) is 130 Å². The summed E-state index contributed by atoms with van der Waals surface area (Å²) < 4.78 is 0. The highest BCUT2D eigenvalue weighted by molar-refractivity contribution is 5.45. The van der Waals surface area contributed by atoms with Crippen molar-refractivity contribution in [3.63, 3.8) is 0 Å². The van der Waals surface area contributed by atoms with Crippen molar-refractivity contribution in [2.24, 2.45) is 5.92 Å². The van der Waals surface area contributed by atoms with Gasteiger partial charge in [-0.2, -0.15) is 0 Å². The molecule has 0 aromatic heterocycles. The normalized spacial score (nSPS) is 15.7. The first-order valence-electron chi connectivity index (χ1n) is 12.9. The molecule has 1 fully saturated rings. The summed E-state index contributed by atoms with van der Waals surface area (Å²) in [6.45, 7) is 2.40. The Labute approximate surface area is 210 Å². The van der Waals surface area contributed by atoms with Gasteiger partial charge in [-0.1, -0.05) is 79.7 Å². The van der Waals surface area contributed by atoms with Gasteiger partial charge in [-0.05, 0) is 102 Å². The van der Waals surface area contributed by atoms with Crippen molar-refractivity contribution < 1.29 is 0 Å². The monoisotopic (exact) mass is 460 g/mol. The predicted octanol–water partition coefficient (Wildman–Crippen LogP) is 7.53. The van der Waals surface area contributed by atoms with Gasteiger partial charge in [0.25, 0.3) is 0 Å². The highest BCUT2D eigenvalue weighted by atomic mass is 14.5. The number of nitrogens with two attached hydrogens (primary N) is 2. The summed E-state index contributed by atoms with van der Waals surface area (Å²) in [4.78, 5) is 0. The maximum atomic E-state index is 5.85. The van der Waals surface area contributed by atoms with E-state index in [1.165, 1.54) is 59.1 Å². The fraction of sp³-hybridized carbons (Fsp3) is 0.273. The van der Waals surface area contributed by atoms with Crippen LogP contribution in [0, 0.1) is 5.92 Å². The number of hydrogen-bond acceptors (Lipinski definition) is 2. The molecule has 35 heavy (non-hydrogen) atoms. The first-order valence-corrected chi connectivity index (χ1v) is 12.9. The van der Waals surface area contributed by atoms with E-state index in [0.29, 0.717) is 0 Å². The molecule has 4 aromatic carbocycles. The third-order valence-corrected chi connectivity index (χ3v) is 7.92. The lowest BCUT2D eigenvalue weighted by molar-refractivity contribution is 0.280. The molecular weight excluding hydrogens is 424 g/mol. The van der Waals surface area contributed by atoms with Crippen molar-refractivity contribution in [3.8, 4) is 0 Å². The number of rotatable bonds is 6. The van der Waals surface area contributed by atoms with Crippen LogP contribution in [0.2, 0.25) is 0 Å². The molecule has 2 heteroatoms. The first-order chi connectivity index (χ1) is 17.0. The molecule has 4 aromatic rings. The maximum Gasteiger partial charge on any atom is 0.0314 e. The average molecular weight is 461 g/mol. The zero-order chi connectivity index (χ0) is 24.3. The van der Waals surface area contributed by atoms with Gasteiger partial charge in [0.15, 0.2) is 0 Å². The first kappa shape index (κ1) is 23.2. The van der Waals surface area contributed by atoms with Crippen molar-refractivity contribution in [1.29, 1.82) is 0 Å². The van der Waals surface area contributed by atoms with E-state index in [2.05, 4.69) is 79.7 Å². The Hall–Kier alpha value is -3.52. The summed E-state index contributed by atoms with van der Waals surface area (Å²) in [6.07, 6.45) is 6.85. The van der Waals surface area contributed by atoms with Crippen molar-refractivity contribution >= 4 is 11.4 Å². The third kappa shape index (κ3) is 5.27. The smallest absolute Gasteiger partial charge is 0.0314 e. The summed E-state index contributed by atoms with van der Waals surface area (Å²) in [5, 5.41) is 0. The summed E-state index contributed by atoms with van der Waals surface area (Å²) in [6, 6.07) is 35.2. The Bertz CT molecular complexity index is 1140. The Morgan fingerprint density at radius 1 is 0.543 bits per heavy atom. The van der Waals surface area contributed by atoms with Gasteiger partial charge in [-0.3, -0.25) is 0 Å². The number of anilines is 2. The molecular formula is C33H36N2. The van der Waals surface area contributed by atoms with Crippen molar-refractivity contribution in [1.82, 2.24) is 0 Å². The fourth-order valence-electron chi connectivity index (χ4n) is 5.62. The quantitative estimate of drug-likeness (QED) is 0.292. The van der Waals surface area contributed by atoms with Gasteiger partial charge >= 0.3 is 0 Å². The van der Waals surface area contributed by atoms with E-state index in [1.54, 1.807) is 0 Å². The van der Waals surface area contributed by atoms with Gasteiger partial charge in [-0.15, -0.1) is 0 Å². The number of hydrogen-bond donors (Lipinski definition) is 2. The number of benzene rings is 4. The summed E-state index contributed by atoms with van der Waals surface area (Å²) in [7, 11) is 0. The Kier molecular flexibility index (Phi) is 6.63. The lowest BCUT2D eigenvalue weighted by Crippen LogP contribution is -2.32. The van der Waals surface area contributed by atoms with Gasteiger partial charge in [0.2, 0.25) is 0 Å². The lowest BCUT2D eigenvalue weighted by Gasteiger charge is -2.41. The Balaban J connectivity index is 1.39. The zero-order valence-electron chi connectivity index (χ0n) is 20.7. The van der Waals surface area contributed by atoms with Crippen LogP contribution in [0.4, 0.5) is 11.4 Å². The molecule has 0 radical (unpaired) electrons. The van der Waals surface area contributed by atoms with Crippen molar-refractivity contribution in [2.75, 3.05) is 11.5 Å². The van der Waals surface area contributed by atoms with Gasteiger partial charge in [0.1, 0.15) is 0 Å². The second kappa shape index (κ2) is 10.00. The average Bonchev–Trinajstić information content (AvgIpc) is 2.89. The standard InChI is InChI=1S/C33H36N2/c1-24-18-20-33(21-19-24,29-10-2-25(3-11-29)22-27-6-14-31(34)15-7-27)30-12-4-26(5-13-30)23-28-8-16-32(35)17-9-28/h2-17,24H,18-23,34-35H2,1H3. The highest BCUT2D eigenvalue weighted by Crippen LogP contribution is 2.46. The van der Waals surface area contributed by atoms with Gasteiger partial charge < -0.3 is 11.5 Å². The second-order valence-corrected chi connectivity index (χ2v) is 10.5. The SMILES string of the molecule is CC1CCC(c2ccc(Cc3ccc(N)cc3)cc2)(c2ccc(Cc3ccc(N)cc3)cc2)CC1. The molecule has 0 heterocycles. The molecule has 0 spiro atoms. The van der Waals surface area contributed by atoms with Crippen LogP contribution in [0.3, 0.4) is 0 Å². The van der Waals surface area contributed by atoms with Crippen LogP contribution in [0.5, 0.6) is 0 Å². The highest BCUT2D eigenvalue weighted by Gasteiger charge is 2.37. The molecule has 0 atom stereocenters. The van der Waals surface area contributed by atoms with Gasteiger partial charge in [0.05, 0.1) is 0 Å². The molecule has 0 bridgehead atoms.